The number of nitrogens with one attached hydrogen (secondary N) is 1. The number of aromatic nitrogens is 4. The molecule has 136 valence electrons. The van der Waals surface area contributed by atoms with Crippen molar-refractivity contribution < 1.29 is 9.90 Å². The van der Waals surface area contributed by atoms with Crippen LogP contribution in [0.2, 0.25) is 0 Å². The van der Waals surface area contributed by atoms with E-state index in [4.69, 9.17) is 0 Å². The van der Waals surface area contributed by atoms with E-state index >= 15 is 0 Å². The molecule has 0 aliphatic carbocycles. The summed E-state index contributed by atoms with van der Waals surface area (Å²) < 4.78 is 1.63. The van der Waals surface area contributed by atoms with Crippen LogP contribution in [0.25, 0.3) is 5.65 Å². The van der Waals surface area contributed by atoms with Crippen molar-refractivity contribution >= 4 is 23.5 Å². The predicted octanol–water partition coefficient (Wildman–Crippen LogP) is 3.25. The normalized spacial score (nSPS) is 11.1. The molecule has 0 spiro atoms. The highest BCUT2D eigenvalue weighted by atomic mass is 16.4. The zero-order chi connectivity index (χ0) is 18.8. The van der Waals surface area contributed by atoms with Crippen LogP contribution in [-0.2, 0) is 6.54 Å². The van der Waals surface area contributed by atoms with Gasteiger partial charge in [0.05, 0.1) is 0 Å². The Morgan fingerprint density at radius 2 is 1.92 bits per heavy atom. The molecule has 0 saturated carbocycles. The highest BCUT2D eigenvalue weighted by Gasteiger charge is 2.24. The van der Waals surface area contributed by atoms with E-state index < -0.39 is 6.09 Å². The summed E-state index contributed by atoms with van der Waals surface area (Å²) in [6.45, 7) is 8.29. The van der Waals surface area contributed by atoms with Crippen molar-refractivity contribution in [2.75, 3.05) is 10.2 Å². The first kappa shape index (κ1) is 17.7. The van der Waals surface area contributed by atoms with Crippen LogP contribution in [0.4, 0.5) is 16.6 Å². The summed E-state index contributed by atoms with van der Waals surface area (Å²) >= 11 is 0. The van der Waals surface area contributed by atoms with Gasteiger partial charge in [-0.15, -0.1) is 10.2 Å². The average molecular weight is 354 g/mol. The molecule has 0 aliphatic rings. The molecule has 1 aromatic carbocycles. The van der Waals surface area contributed by atoms with Crippen LogP contribution in [0.5, 0.6) is 0 Å². The lowest BCUT2D eigenvalue weighted by Crippen LogP contribution is -2.37. The maximum Gasteiger partial charge on any atom is 0.414 e. The quantitative estimate of drug-likeness (QED) is 0.730. The summed E-state index contributed by atoms with van der Waals surface area (Å²) in [6, 6.07) is 6.08. The lowest BCUT2D eigenvalue weighted by atomic mass is 10.1. The second-order valence-electron chi connectivity index (χ2n) is 6.57. The topological polar surface area (TPSA) is 95.7 Å². The van der Waals surface area contributed by atoms with Crippen molar-refractivity contribution in [2.45, 2.75) is 40.3 Å². The lowest BCUT2D eigenvalue weighted by Gasteiger charge is -2.20. The number of nitrogens with zero attached hydrogens (tertiary/aromatic N) is 5. The second kappa shape index (κ2) is 6.99. The van der Waals surface area contributed by atoms with Gasteiger partial charge in [-0.3, -0.25) is 4.40 Å². The highest BCUT2D eigenvalue weighted by Crippen LogP contribution is 2.21. The molecule has 0 atom stereocenters. The van der Waals surface area contributed by atoms with E-state index in [1.165, 1.54) is 16.0 Å². The zero-order valence-corrected chi connectivity index (χ0v) is 15.3. The van der Waals surface area contributed by atoms with Gasteiger partial charge >= 0.3 is 6.09 Å². The molecular weight excluding hydrogens is 332 g/mol. The van der Waals surface area contributed by atoms with Crippen molar-refractivity contribution in [3.8, 4) is 0 Å². The van der Waals surface area contributed by atoms with Crippen LogP contribution < -0.4 is 10.2 Å². The smallest absolute Gasteiger partial charge is 0.414 e. The summed E-state index contributed by atoms with van der Waals surface area (Å²) in [5, 5.41) is 20.9. The van der Waals surface area contributed by atoms with E-state index in [1.54, 1.807) is 30.6 Å². The minimum Gasteiger partial charge on any atom is -0.465 e. The number of fused-ring (bicyclic) bond motifs is 1. The molecule has 8 nitrogen and oxygen atoms in total. The summed E-state index contributed by atoms with van der Waals surface area (Å²) in [6.07, 6.45) is 2.19. The molecular formula is C18H22N6O2. The number of hydrogen-bond acceptors (Lipinski definition) is 5. The van der Waals surface area contributed by atoms with E-state index in [2.05, 4.69) is 52.5 Å². The summed E-state index contributed by atoms with van der Waals surface area (Å²) in [7, 11) is 0. The number of carboxylic acid groups (broad SMARTS) is 1. The average Bonchev–Trinajstić information content (AvgIpc) is 2.96. The van der Waals surface area contributed by atoms with Gasteiger partial charge in [-0.25, -0.2) is 14.7 Å². The number of amides is 1. The Hall–Kier alpha value is -3.16. The third kappa shape index (κ3) is 3.44. The number of anilines is 2. The number of benzene rings is 1. The number of hydrogen-bond donors (Lipinski definition) is 2. The molecule has 8 heteroatoms. The Morgan fingerprint density at radius 1 is 1.23 bits per heavy atom. The standard InChI is InChI=1S/C18H22N6O2/c1-11(2)24(18(25)26)17-22-21-16-15(19-5-6-23(16)17)20-10-14-8-12(3)7-13(4)9-14/h5-9,11H,10H2,1-4H3,(H,19,20)(H,25,26). The molecule has 3 rings (SSSR count). The SMILES string of the molecule is Cc1cc(C)cc(CNc2nccn3c(N(C(=O)O)C(C)C)nnc23)c1. The van der Waals surface area contributed by atoms with Gasteiger partial charge in [0.1, 0.15) is 0 Å². The Bertz CT molecular complexity index is 930. The van der Waals surface area contributed by atoms with Gasteiger partial charge in [0.2, 0.25) is 11.6 Å². The Balaban J connectivity index is 1.92. The Kier molecular flexibility index (Phi) is 4.75. The monoisotopic (exact) mass is 354 g/mol. The molecule has 0 aliphatic heterocycles. The second-order valence-corrected chi connectivity index (χ2v) is 6.57. The van der Waals surface area contributed by atoms with Gasteiger partial charge in [-0.05, 0) is 33.3 Å². The van der Waals surface area contributed by atoms with Crippen molar-refractivity contribution in [3.05, 3.63) is 47.3 Å². The summed E-state index contributed by atoms with van der Waals surface area (Å²) in [4.78, 5) is 17.1. The molecule has 2 aromatic heterocycles. The fourth-order valence-corrected chi connectivity index (χ4v) is 3.00. The first-order valence-corrected chi connectivity index (χ1v) is 8.39. The summed E-state index contributed by atoms with van der Waals surface area (Å²) in [5.41, 5.74) is 4.03. The molecule has 0 bridgehead atoms. The molecule has 0 radical (unpaired) electrons. The van der Waals surface area contributed by atoms with Crippen LogP contribution in [0.15, 0.2) is 30.6 Å². The van der Waals surface area contributed by atoms with Gasteiger partial charge in [0.15, 0.2) is 5.82 Å². The van der Waals surface area contributed by atoms with Crippen molar-refractivity contribution in [1.29, 1.82) is 0 Å². The molecule has 0 unspecified atom stereocenters. The summed E-state index contributed by atoms with van der Waals surface area (Å²) in [5.74, 6) is 0.804. The van der Waals surface area contributed by atoms with Crippen molar-refractivity contribution in [3.63, 3.8) is 0 Å². The van der Waals surface area contributed by atoms with Crippen LogP contribution in [0, 0.1) is 13.8 Å². The third-order valence-corrected chi connectivity index (χ3v) is 3.99. The van der Waals surface area contributed by atoms with Crippen LogP contribution in [-0.4, -0.2) is 36.8 Å². The van der Waals surface area contributed by atoms with Gasteiger partial charge < -0.3 is 10.4 Å². The predicted molar refractivity (Wildman–Crippen MR) is 99.7 cm³/mol. The molecule has 2 N–H and O–H groups in total. The zero-order valence-electron chi connectivity index (χ0n) is 15.3. The van der Waals surface area contributed by atoms with Crippen LogP contribution in [0.3, 0.4) is 0 Å². The van der Waals surface area contributed by atoms with Crippen molar-refractivity contribution in [2.24, 2.45) is 0 Å². The fraction of sp³-hybridized carbons (Fsp3) is 0.333. The van der Waals surface area contributed by atoms with E-state index in [9.17, 15) is 9.90 Å². The van der Waals surface area contributed by atoms with E-state index in [0.29, 0.717) is 18.0 Å². The van der Waals surface area contributed by atoms with E-state index in [1.807, 2.05) is 0 Å². The van der Waals surface area contributed by atoms with Crippen LogP contribution >= 0.6 is 0 Å². The first-order chi connectivity index (χ1) is 12.4. The van der Waals surface area contributed by atoms with Gasteiger partial charge in [-0.2, -0.15) is 0 Å². The number of aryl methyl sites for hydroxylation is 2. The Labute approximate surface area is 151 Å². The maximum atomic E-state index is 11.6. The van der Waals surface area contributed by atoms with Crippen molar-refractivity contribution in [1.82, 2.24) is 19.6 Å². The van der Waals surface area contributed by atoms with Crippen LogP contribution in [0.1, 0.15) is 30.5 Å². The molecule has 2 heterocycles. The van der Waals surface area contributed by atoms with E-state index in [-0.39, 0.29) is 12.0 Å². The highest BCUT2D eigenvalue weighted by molar-refractivity contribution is 5.85. The molecule has 3 aromatic rings. The maximum absolute atomic E-state index is 11.6. The third-order valence-electron chi connectivity index (χ3n) is 3.99. The Morgan fingerprint density at radius 3 is 2.54 bits per heavy atom. The largest absolute Gasteiger partial charge is 0.465 e. The lowest BCUT2D eigenvalue weighted by molar-refractivity contribution is 0.199. The molecule has 0 saturated heterocycles. The van der Waals surface area contributed by atoms with Gasteiger partial charge in [-0.1, -0.05) is 29.3 Å². The number of carbonyl (C=O) groups is 1. The minimum absolute atomic E-state index is 0.249. The van der Waals surface area contributed by atoms with Gasteiger partial charge in [0, 0.05) is 25.0 Å². The fourth-order valence-electron chi connectivity index (χ4n) is 3.00. The van der Waals surface area contributed by atoms with E-state index in [0.717, 1.165) is 5.56 Å². The molecule has 26 heavy (non-hydrogen) atoms. The van der Waals surface area contributed by atoms with Gasteiger partial charge in [0.25, 0.3) is 0 Å². The first-order valence-electron chi connectivity index (χ1n) is 8.39. The number of rotatable bonds is 5. The molecule has 1 amide bonds. The minimum atomic E-state index is -1.07. The molecule has 0 fully saturated rings.